The highest BCUT2D eigenvalue weighted by Gasteiger charge is 2.21. The van der Waals surface area contributed by atoms with Gasteiger partial charge in [-0.25, -0.2) is 0 Å². The third-order valence-electron chi connectivity index (χ3n) is 4.78. The number of benzene rings is 1. The molecule has 0 spiro atoms. The second-order valence-corrected chi connectivity index (χ2v) is 7.10. The summed E-state index contributed by atoms with van der Waals surface area (Å²) in [6.45, 7) is 6.84. The van der Waals surface area contributed by atoms with Crippen LogP contribution in [0.3, 0.4) is 0 Å². The van der Waals surface area contributed by atoms with Crippen molar-refractivity contribution in [1.29, 1.82) is 0 Å². The van der Waals surface area contributed by atoms with Crippen molar-refractivity contribution >= 4 is 11.6 Å². The maximum atomic E-state index is 5.74. The summed E-state index contributed by atoms with van der Waals surface area (Å²) >= 11 is 0. The lowest BCUT2D eigenvalue weighted by molar-refractivity contribution is 0.128. The summed E-state index contributed by atoms with van der Waals surface area (Å²) in [6, 6.07) is 10.6. The average Bonchev–Trinajstić information content (AvgIpc) is 3.15. The van der Waals surface area contributed by atoms with Crippen molar-refractivity contribution < 1.29 is 4.74 Å². The van der Waals surface area contributed by atoms with Gasteiger partial charge in [-0.05, 0) is 25.3 Å². The van der Waals surface area contributed by atoms with Crippen LogP contribution in [0.2, 0.25) is 0 Å². The topological polar surface area (TPSA) is 66.7 Å². The molecule has 0 radical (unpaired) electrons. The van der Waals surface area contributed by atoms with Gasteiger partial charge in [0.05, 0.1) is 31.6 Å². The predicted octanol–water partition coefficient (Wildman–Crippen LogP) is 2.16. The van der Waals surface area contributed by atoms with E-state index in [1.54, 1.807) is 0 Å². The first-order chi connectivity index (χ1) is 13.7. The lowest BCUT2D eigenvalue weighted by atomic mass is 10.1. The Bertz CT molecular complexity index is 730. The molecule has 1 unspecified atom stereocenters. The van der Waals surface area contributed by atoms with Crippen LogP contribution >= 0.6 is 0 Å². The number of guanidine groups is 1. The minimum absolute atomic E-state index is 0.372. The van der Waals surface area contributed by atoms with Gasteiger partial charge in [-0.3, -0.25) is 9.67 Å². The van der Waals surface area contributed by atoms with E-state index in [9.17, 15) is 0 Å². The van der Waals surface area contributed by atoms with E-state index in [1.807, 2.05) is 36.1 Å². The second-order valence-electron chi connectivity index (χ2n) is 7.10. The molecular formula is C21H32N6O. The molecule has 2 N–H and O–H groups in total. The molecule has 1 atom stereocenters. The fraction of sp³-hybridized carbons (Fsp3) is 0.524. The third-order valence-corrected chi connectivity index (χ3v) is 4.78. The number of piperidine rings is 1. The molecule has 28 heavy (non-hydrogen) atoms. The molecule has 1 aromatic heterocycles. The van der Waals surface area contributed by atoms with Crippen molar-refractivity contribution in [3.63, 3.8) is 0 Å². The Balaban J connectivity index is 1.45. The van der Waals surface area contributed by atoms with Crippen LogP contribution in [0.5, 0.6) is 0 Å². The zero-order valence-corrected chi connectivity index (χ0v) is 17.0. The molecule has 152 valence electrons. The number of ether oxygens (including phenoxy) is 1. The van der Waals surface area contributed by atoms with Crippen LogP contribution in [-0.4, -0.2) is 54.6 Å². The van der Waals surface area contributed by atoms with Gasteiger partial charge in [0.1, 0.15) is 0 Å². The summed E-state index contributed by atoms with van der Waals surface area (Å²) in [4.78, 5) is 7.06. The zero-order valence-electron chi connectivity index (χ0n) is 17.0. The predicted molar refractivity (Wildman–Crippen MR) is 114 cm³/mol. The number of anilines is 1. The van der Waals surface area contributed by atoms with Gasteiger partial charge in [-0.15, -0.1) is 0 Å². The maximum Gasteiger partial charge on any atom is 0.191 e. The molecule has 1 aliphatic heterocycles. The standard InChI is InChI=1S/C21H32N6O/c1-3-22-21(23-11-13-28-17-18-8-5-4-6-9-18)25-19-10-7-12-27(15-19)20-14-24-26(2)16-20/h4-6,8-9,14,16,19H,3,7,10-13,15,17H2,1-2H3,(H2,22,23,25). The van der Waals surface area contributed by atoms with Crippen LogP contribution in [0.1, 0.15) is 25.3 Å². The van der Waals surface area contributed by atoms with Crippen molar-refractivity contribution in [3.8, 4) is 0 Å². The number of rotatable bonds is 8. The number of aromatic nitrogens is 2. The Hall–Kier alpha value is -2.54. The summed E-state index contributed by atoms with van der Waals surface area (Å²) in [5.74, 6) is 0.865. The molecule has 7 nitrogen and oxygen atoms in total. The highest BCUT2D eigenvalue weighted by atomic mass is 16.5. The summed E-state index contributed by atoms with van der Waals surface area (Å²) in [7, 11) is 1.96. The van der Waals surface area contributed by atoms with Crippen LogP contribution in [-0.2, 0) is 18.4 Å². The van der Waals surface area contributed by atoms with Crippen molar-refractivity contribution in [2.24, 2.45) is 12.0 Å². The molecule has 0 bridgehead atoms. The maximum absolute atomic E-state index is 5.74. The summed E-state index contributed by atoms with van der Waals surface area (Å²) in [5, 5.41) is 11.2. The zero-order chi connectivity index (χ0) is 19.6. The van der Waals surface area contributed by atoms with Crippen molar-refractivity contribution in [3.05, 3.63) is 48.3 Å². The van der Waals surface area contributed by atoms with Gasteiger partial charge in [0.2, 0.25) is 0 Å². The molecular weight excluding hydrogens is 352 g/mol. The fourth-order valence-corrected chi connectivity index (χ4v) is 3.40. The first-order valence-electron chi connectivity index (χ1n) is 10.1. The van der Waals surface area contributed by atoms with E-state index in [2.05, 4.69) is 50.9 Å². The Morgan fingerprint density at radius 3 is 2.93 bits per heavy atom. The molecule has 2 aromatic rings. The van der Waals surface area contributed by atoms with Gasteiger partial charge >= 0.3 is 0 Å². The Morgan fingerprint density at radius 1 is 1.32 bits per heavy atom. The third kappa shape index (κ3) is 6.27. The highest BCUT2D eigenvalue weighted by Crippen LogP contribution is 2.18. The summed E-state index contributed by atoms with van der Waals surface area (Å²) in [5.41, 5.74) is 2.37. The van der Waals surface area contributed by atoms with Crippen molar-refractivity contribution in [2.75, 3.05) is 37.7 Å². The average molecular weight is 385 g/mol. The van der Waals surface area contributed by atoms with Crippen molar-refractivity contribution in [2.45, 2.75) is 32.4 Å². The molecule has 7 heteroatoms. The van der Waals surface area contributed by atoms with Gasteiger partial charge in [-0.1, -0.05) is 30.3 Å². The number of aliphatic imine (C=N–C) groups is 1. The van der Waals surface area contributed by atoms with E-state index in [0.717, 1.165) is 38.4 Å². The first-order valence-corrected chi connectivity index (χ1v) is 10.1. The molecule has 1 fully saturated rings. The smallest absolute Gasteiger partial charge is 0.191 e. The van der Waals surface area contributed by atoms with E-state index in [4.69, 9.17) is 4.74 Å². The Morgan fingerprint density at radius 2 is 2.18 bits per heavy atom. The Kier molecular flexibility index (Phi) is 7.72. The SMILES string of the molecule is CCNC(=NCCOCc1ccccc1)NC1CCCN(c2cnn(C)c2)C1. The first kappa shape index (κ1) is 20.2. The fourth-order valence-electron chi connectivity index (χ4n) is 3.40. The quantitative estimate of drug-likeness (QED) is 0.415. The van der Waals surface area contributed by atoms with E-state index in [1.165, 1.54) is 11.3 Å². The van der Waals surface area contributed by atoms with Crippen LogP contribution in [0.4, 0.5) is 5.69 Å². The molecule has 1 aliphatic rings. The number of nitrogens with zero attached hydrogens (tertiary/aromatic N) is 4. The van der Waals surface area contributed by atoms with Gasteiger partial charge in [-0.2, -0.15) is 5.10 Å². The van der Waals surface area contributed by atoms with Crippen LogP contribution in [0, 0.1) is 0 Å². The highest BCUT2D eigenvalue weighted by molar-refractivity contribution is 5.80. The number of hydrogen-bond acceptors (Lipinski definition) is 4. The largest absolute Gasteiger partial charge is 0.375 e. The van der Waals surface area contributed by atoms with Crippen LogP contribution < -0.4 is 15.5 Å². The molecule has 2 heterocycles. The van der Waals surface area contributed by atoms with E-state index in [-0.39, 0.29) is 0 Å². The lowest BCUT2D eigenvalue weighted by Crippen LogP contribution is -2.51. The van der Waals surface area contributed by atoms with E-state index >= 15 is 0 Å². The monoisotopic (exact) mass is 384 g/mol. The molecule has 1 saturated heterocycles. The van der Waals surface area contributed by atoms with Crippen LogP contribution in [0.15, 0.2) is 47.7 Å². The lowest BCUT2D eigenvalue weighted by Gasteiger charge is -2.34. The van der Waals surface area contributed by atoms with Gasteiger partial charge < -0.3 is 20.3 Å². The molecule has 0 amide bonds. The number of aryl methyl sites for hydroxylation is 1. The molecule has 0 saturated carbocycles. The number of hydrogen-bond donors (Lipinski definition) is 2. The second kappa shape index (κ2) is 10.7. The van der Waals surface area contributed by atoms with Gasteiger partial charge in [0.15, 0.2) is 5.96 Å². The minimum Gasteiger partial charge on any atom is -0.375 e. The molecule has 3 rings (SSSR count). The van der Waals surface area contributed by atoms with Gasteiger partial charge in [0, 0.05) is 38.9 Å². The van der Waals surface area contributed by atoms with E-state index < -0.39 is 0 Å². The number of nitrogens with one attached hydrogen (secondary N) is 2. The van der Waals surface area contributed by atoms with E-state index in [0.29, 0.717) is 25.8 Å². The molecule has 0 aliphatic carbocycles. The molecule has 1 aromatic carbocycles. The minimum atomic E-state index is 0.372. The summed E-state index contributed by atoms with van der Waals surface area (Å²) < 4.78 is 7.59. The van der Waals surface area contributed by atoms with Gasteiger partial charge in [0.25, 0.3) is 0 Å². The van der Waals surface area contributed by atoms with Crippen LogP contribution in [0.25, 0.3) is 0 Å². The Labute approximate surface area is 167 Å². The van der Waals surface area contributed by atoms with Crippen molar-refractivity contribution in [1.82, 2.24) is 20.4 Å². The summed E-state index contributed by atoms with van der Waals surface area (Å²) in [6.07, 6.45) is 6.31. The normalized spacial score (nSPS) is 17.6.